The van der Waals surface area contributed by atoms with Gasteiger partial charge in [0, 0.05) is 13.1 Å². The highest BCUT2D eigenvalue weighted by molar-refractivity contribution is 5.98. The van der Waals surface area contributed by atoms with Crippen LogP contribution in [0.3, 0.4) is 0 Å². The van der Waals surface area contributed by atoms with Crippen LogP contribution in [0.4, 0.5) is 0 Å². The van der Waals surface area contributed by atoms with E-state index in [1.54, 1.807) is 36.4 Å². The number of piperidine rings is 1. The van der Waals surface area contributed by atoms with E-state index in [1.165, 1.54) is 95.8 Å². The quantitative estimate of drug-likeness (QED) is 0.0888. The summed E-state index contributed by atoms with van der Waals surface area (Å²) in [7, 11) is 0. The number of hydrogen-bond donors (Lipinski definition) is 4. The van der Waals surface area contributed by atoms with Crippen molar-refractivity contribution in [3.63, 3.8) is 0 Å². The van der Waals surface area contributed by atoms with Crippen molar-refractivity contribution in [3.8, 4) is 17.2 Å². The molecule has 5 heteroatoms. The predicted octanol–water partition coefficient (Wildman–Crippen LogP) is 8.74. The molecule has 43 heavy (non-hydrogen) atoms. The molecule has 3 aromatic carbocycles. The van der Waals surface area contributed by atoms with Crippen LogP contribution in [0.5, 0.6) is 17.2 Å². The van der Waals surface area contributed by atoms with Crippen molar-refractivity contribution in [2.24, 2.45) is 0 Å². The number of unbranched alkanes of at least 4 members (excludes halogenated alkanes) is 8. The molecule has 0 unspecified atom stereocenters. The molecule has 4 rings (SSSR count). The highest BCUT2D eigenvalue weighted by Gasteiger charge is 2.15. The lowest BCUT2D eigenvalue weighted by molar-refractivity contribution is 0.229. The summed E-state index contributed by atoms with van der Waals surface area (Å²) in [4.78, 5) is 2.60. The van der Waals surface area contributed by atoms with E-state index in [0.717, 1.165) is 48.2 Å². The van der Waals surface area contributed by atoms with Gasteiger partial charge in [0.05, 0.1) is 0 Å². The Bertz CT molecular complexity index is 1170. The largest absolute Gasteiger partial charge is 0.508 e. The number of aromatic hydroxyl groups is 3. The highest BCUT2D eigenvalue weighted by Crippen LogP contribution is 2.37. The van der Waals surface area contributed by atoms with E-state index < -0.39 is 0 Å². The van der Waals surface area contributed by atoms with E-state index in [2.05, 4.69) is 10.2 Å². The molecule has 232 valence electrons. The molecular weight excluding hydrogens is 532 g/mol. The molecule has 3 aromatic rings. The van der Waals surface area contributed by atoms with E-state index in [4.69, 9.17) is 0 Å². The first-order valence-electron chi connectivity index (χ1n) is 16.6. The molecule has 1 fully saturated rings. The minimum absolute atomic E-state index is 0.236. The van der Waals surface area contributed by atoms with Crippen molar-refractivity contribution in [3.05, 3.63) is 89.5 Å². The maximum absolute atomic E-state index is 9.94. The number of hydrogen-bond acceptors (Lipinski definition) is 5. The summed E-state index contributed by atoms with van der Waals surface area (Å²) in [5.74, 6) is 0.725. The lowest BCUT2D eigenvalue weighted by Crippen LogP contribution is -2.36. The summed E-state index contributed by atoms with van der Waals surface area (Å²) < 4.78 is 0. The molecule has 0 aliphatic carbocycles. The second-order valence-corrected chi connectivity index (χ2v) is 12.1. The van der Waals surface area contributed by atoms with Crippen LogP contribution in [0.1, 0.15) is 100 Å². The summed E-state index contributed by atoms with van der Waals surface area (Å²) in [6.07, 6.45) is 16.5. The Morgan fingerprint density at radius 2 is 0.953 bits per heavy atom. The van der Waals surface area contributed by atoms with Crippen LogP contribution in [0.15, 0.2) is 72.8 Å². The smallest absolute Gasteiger partial charge is 0.115 e. The van der Waals surface area contributed by atoms with Crippen molar-refractivity contribution in [2.75, 3.05) is 32.7 Å². The van der Waals surface area contributed by atoms with E-state index in [-0.39, 0.29) is 17.2 Å². The third-order valence-corrected chi connectivity index (χ3v) is 8.66. The number of nitrogens with one attached hydrogen (secondary N) is 1. The number of nitrogens with zero attached hydrogens (tertiary/aromatic N) is 1. The Balaban J connectivity index is 1.22. The molecule has 0 atom stereocenters. The summed E-state index contributed by atoms with van der Waals surface area (Å²) in [6, 6.07) is 22.1. The van der Waals surface area contributed by atoms with E-state index >= 15 is 0 Å². The van der Waals surface area contributed by atoms with E-state index in [0.29, 0.717) is 0 Å². The van der Waals surface area contributed by atoms with Crippen molar-refractivity contribution in [1.29, 1.82) is 0 Å². The Kier molecular flexibility index (Phi) is 14.0. The Hall–Kier alpha value is -3.28. The van der Waals surface area contributed by atoms with Crippen LogP contribution in [-0.4, -0.2) is 52.9 Å². The van der Waals surface area contributed by atoms with Crippen LogP contribution in [0, 0.1) is 0 Å². The van der Waals surface area contributed by atoms with Gasteiger partial charge in [-0.1, -0.05) is 87.8 Å². The van der Waals surface area contributed by atoms with Gasteiger partial charge in [0.25, 0.3) is 0 Å². The molecule has 1 saturated heterocycles. The minimum Gasteiger partial charge on any atom is -0.508 e. The number of phenolic OH excluding ortho intramolecular Hbond substituents is 3. The van der Waals surface area contributed by atoms with Gasteiger partial charge in [-0.2, -0.15) is 0 Å². The first-order chi connectivity index (χ1) is 21.1. The first kappa shape index (κ1) is 32.6. The van der Waals surface area contributed by atoms with Gasteiger partial charge in [-0.15, -0.1) is 0 Å². The maximum Gasteiger partial charge on any atom is 0.115 e. The van der Waals surface area contributed by atoms with E-state index in [1.807, 2.05) is 36.4 Å². The van der Waals surface area contributed by atoms with Crippen LogP contribution in [0.2, 0.25) is 0 Å². The molecule has 0 spiro atoms. The molecule has 1 aliphatic heterocycles. The second-order valence-electron chi connectivity index (χ2n) is 12.1. The molecule has 5 nitrogen and oxygen atoms in total. The summed E-state index contributed by atoms with van der Waals surface area (Å²) >= 11 is 0. The van der Waals surface area contributed by atoms with Gasteiger partial charge < -0.3 is 25.5 Å². The lowest BCUT2D eigenvalue weighted by atomic mass is 9.86. The van der Waals surface area contributed by atoms with Crippen molar-refractivity contribution in [1.82, 2.24) is 10.2 Å². The number of likely N-dealkylation sites (tertiary alicyclic amines) is 1. The standard InChI is InChI=1S/C38H52N2O3/c41-34-20-14-31(15-21-34)37(38(32-16-22-35(42)23-17-32)33-18-24-36(43)25-19-33)13-9-6-4-2-1-3-5-7-10-26-39-27-30-40-28-11-8-12-29-40/h14-25,39,41-43H,1-13,26-30H2. The van der Waals surface area contributed by atoms with Crippen molar-refractivity contribution < 1.29 is 15.3 Å². The lowest BCUT2D eigenvalue weighted by Gasteiger charge is -2.26. The number of benzene rings is 3. The fourth-order valence-corrected chi connectivity index (χ4v) is 6.18. The second kappa shape index (κ2) is 18.4. The molecular formula is C38H52N2O3. The normalized spacial score (nSPS) is 13.7. The zero-order chi connectivity index (χ0) is 30.1. The minimum atomic E-state index is 0.236. The number of allylic oxidation sites excluding steroid dienone is 1. The van der Waals surface area contributed by atoms with Gasteiger partial charge in [0.15, 0.2) is 0 Å². The van der Waals surface area contributed by atoms with Gasteiger partial charge >= 0.3 is 0 Å². The molecule has 0 amide bonds. The highest BCUT2D eigenvalue weighted by atomic mass is 16.3. The zero-order valence-electron chi connectivity index (χ0n) is 25.9. The van der Waals surface area contributed by atoms with Crippen molar-refractivity contribution in [2.45, 2.75) is 83.5 Å². The first-order valence-corrected chi connectivity index (χ1v) is 16.6. The van der Waals surface area contributed by atoms with Gasteiger partial charge in [-0.05, 0) is 116 Å². The SMILES string of the molecule is Oc1ccc(C(CCCCCCCCCCCNCCN2CCCCC2)=C(c2ccc(O)cc2)c2ccc(O)cc2)cc1. The summed E-state index contributed by atoms with van der Waals surface area (Å²) in [5.41, 5.74) is 5.41. The van der Waals surface area contributed by atoms with Gasteiger partial charge in [-0.25, -0.2) is 0 Å². The van der Waals surface area contributed by atoms with Gasteiger partial charge in [-0.3, -0.25) is 0 Å². The molecule has 0 saturated carbocycles. The summed E-state index contributed by atoms with van der Waals surface area (Å²) in [5, 5.41) is 33.4. The van der Waals surface area contributed by atoms with Gasteiger partial charge in [0.2, 0.25) is 0 Å². The third-order valence-electron chi connectivity index (χ3n) is 8.66. The van der Waals surface area contributed by atoms with Crippen LogP contribution in [0.25, 0.3) is 11.1 Å². The Morgan fingerprint density at radius 3 is 1.47 bits per heavy atom. The van der Waals surface area contributed by atoms with Crippen LogP contribution in [-0.2, 0) is 0 Å². The fourth-order valence-electron chi connectivity index (χ4n) is 6.18. The predicted molar refractivity (Wildman–Crippen MR) is 180 cm³/mol. The maximum atomic E-state index is 9.94. The zero-order valence-corrected chi connectivity index (χ0v) is 25.9. The Morgan fingerprint density at radius 1 is 0.512 bits per heavy atom. The molecule has 1 heterocycles. The third kappa shape index (κ3) is 11.4. The topological polar surface area (TPSA) is 76.0 Å². The number of phenols is 3. The van der Waals surface area contributed by atoms with Crippen LogP contribution < -0.4 is 5.32 Å². The number of rotatable bonds is 18. The van der Waals surface area contributed by atoms with Crippen molar-refractivity contribution >= 4 is 11.1 Å². The Labute approximate surface area is 259 Å². The fraction of sp³-hybridized carbons (Fsp3) is 0.474. The average Bonchev–Trinajstić information content (AvgIpc) is 3.03. The monoisotopic (exact) mass is 584 g/mol. The van der Waals surface area contributed by atoms with Gasteiger partial charge in [0.1, 0.15) is 17.2 Å². The molecule has 0 radical (unpaired) electrons. The molecule has 0 aromatic heterocycles. The molecule has 0 bridgehead atoms. The van der Waals surface area contributed by atoms with E-state index in [9.17, 15) is 15.3 Å². The summed E-state index contributed by atoms with van der Waals surface area (Å²) in [6.45, 7) is 6.08. The average molecular weight is 585 g/mol. The molecule has 4 N–H and O–H groups in total. The van der Waals surface area contributed by atoms with Crippen LogP contribution >= 0.6 is 0 Å². The molecule has 1 aliphatic rings.